The van der Waals surface area contributed by atoms with Crippen LogP contribution in [-0.2, 0) is 0 Å². The van der Waals surface area contributed by atoms with Gasteiger partial charge in [0.05, 0.1) is 16.8 Å². The minimum atomic E-state index is 0.864. The Morgan fingerprint density at radius 2 is 1.05 bits per heavy atom. The highest BCUT2D eigenvalue weighted by Crippen LogP contribution is 2.48. The third-order valence-corrected chi connectivity index (χ3v) is 12.0. The first-order chi connectivity index (χ1) is 27.3. The van der Waals surface area contributed by atoms with E-state index >= 15 is 0 Å². The maximum atomic E-state index is 6.74. The molecule has 55 heavy (non-hydrogen) atoms. The third kappa shape index (κ3) is 5.24. The monoisotopic (exact) mass is 719 g/mol. The summed E-state index contributed by atoms with van der Waals surface area (Å²) in [5.74, 6) is 0. The van der Waals surface area contributed by atoms with Crippen LogP contribution in [0.4, 0.5) is 17.1 Å². The zero-order chi connectivity index (χ0) is 36.3. The second kappa shape index (κ2) is 12.9. The lowest BCUT2D eigenvalue weighted by Gasteiger charge is -2.29. The number of hydrogen-bond acceptors (Lipinski definition) is 3. The Balaban J connectivity index is 1.16. The second-order valence-electron chi connectivity index (χ2n) is 14.0. The van der Waals surface area contributed by atoms with Gasteiger partial charge in [-0.25, -0.2) is 0 Å². The van der Waals surface area contributed by atoms with E-state index in [1.54, 1.807) is 0 Å². The summed E-state index contributed by atoms with van der Waals surface area (Å²) in [6.45, 7) is 0. The van der Waals surface area contributed by atoms with Crippen LogP contribution in [-0.4, -0.2) is 0 Å². The van der Waals surface area contributed by atoms with E-state index in [9.17, 15) is 0 Å². The van der Waals surface area contributed by atoms with Gasteiger partial charge in [-0.15, -0.1) is 11.3 Å². The predicted octanol–water partition coefficient (Wildman–Crippen LogP) is 15.6. The Kier molecular flexibility index (Phi) is 7.39. The molecule has 0 aliphatic heterocycles. The molecular weight excluding hydrogens is 687 g/mol. The predicted molar refractivity (Wildman–Crippen MR) is 235 cm³/mol. The molecule has 0 saturated carbocycles. The normalized spacial score (nSPS) is 11.6. The van der Waals surface area contributed by atoms with E-state index in [2.05, 4.69) is 205 Å². The van der Waals surface area contributed by atoms with Crippen LogP contribution in [0.25, 0.3) is 86.3 Å². The van der Waals surface area contributed by atoms with Gasteiger partial charge in [0.1, 0.15) is 11.2 Å². The highest BCUT2D eigenvalue weighted by molar-refractivity contribution is 7.25. The molecule has 11 aromatic rings. The van der Waals surface area contributed by atoms with Crippen LogP contribution in [0.2, 0.25) is 0 Å². The Labute approximate surface area is 322 Å². The summed E-state index contributed by atoms with van der Waals surface area (Å²) in [6, 6.07) is 72.2. The average Bonchev–Trinajstić information content (AvgIpc) is 3.84. The van der Waals surface area contributed by atoms with Crippen LogP contribution in [0.5, 0.6) is 0 Å². The minimum Gasteiger partial charge on any atom is -0.455 e. The first kappa shape index (κ1) is 31.6. The summed E-state index contributed by atoms with van der Waals surface area (Å²) >= 11 is 1.86. The highest BCUT2D eigenvalue weighted by atomic mass is 32.1. The third-order valence-electron chi connectivity index (χ3n) is 10.9. The molecule has 0 aliphatic rings. The first-order valence-corrected chi connectivity index (χ1v) is 19.5. The number of thiophene rings is 1. The van der Waals surface area contributed by atoms with Gasteiger partial charge < -0.3 is 9.32 Å². The SMILES string of the molecule is c1ccc(-c2ccc(N(c3ccc(-c4cccc5sc6ccccc6c45)cc3)c3cccc4oc5c6ccccc6ccc5c34)c(-c3ccccc3)c2)cc1. The summed E-state index contributed by atoms with van der Waals surface area (Å²) in [7, 11) is 0. The molecule has 258 valence electrons. The minimum absolute atomic E-state index is 0.864. The summed E-state index contributed by atoms with van der Waals surface area (Å²) in [6.07, 6.45) is 0. The molecule has 11 rings (SSSR count). The Bertz CT molecular complexity index is 3190. The molecule has 2 nitrogen and oxygen atoms in total. The summed E-state index contributed by atoms with van der Waals surface area (Å²) in [4.78, 5) is 2.42. The fraction of sp³-hybridized carbons (Fsp3) is 0. The van der Waals surface area contributed by atoms with Crippen molar-refractivity contribution < 1.29 is 4.42 Å². The van der Waals surface area contributed by atoms with Gasteiger partial charge >= 0.3 is 0 Å². The van der Waals surface area contributed by atoms with Crippen LogP contribution < -0.4 is 4.90 Å². The lowest BCUT2D eigenvalue weighted by molar-refractivity contribution is 0.672. The van der Waals surface area contributed by atoms with Gasteiger partial charge in [0.25, 0.3) is 0 Å². The Morgan fingerprint density at radius 1 is 0.382 bits per heavy atom. The lowest BCUT2D eigenvalue weighted by Crippen LogP contribution is -2.11. The van der Waals surface area contributed by atoms with E-state index in [1.165, 1.54) is 47.8 Å². The molecule has 2 heterocycles. The fourth-order valence-electron chi connectivity index (χ4n) is 8.32. The molecule has 9 aromatic carbocycles. The molecule has 0 aliphatic carbocycles. The number of anilines is 3. The van der Waals surface area contributed by atoms with Crippen molar-refractivity contribution in [2.24, 2.45) is 0 Å². The largest absolute Gasteiger partial charge is 0.455 e. The van der Waals surface area contributed by atoms with E-state index < -0.39 is 0 Å². The Morgan fingerprint density at radius 3 is 1.89 bits per heavy atom. The van der Waals surface area contributed by atoms with Crippen molar-refractivity contribution >= 4 is 81.3 Å². The van der Waals surface area contributed by atoms with Crippen LogP contribution in [0.3, 0.4) is 0 Å². The summed E-state index contributed by atoms with van der Waals surface area (Å²) in [5.41, 5.74) is 12.1. The number of fused-ring (bicyclic) bond motifs is 8. The van der Waals surface area contributed by atoms with E-state index in [0.29, 0.717) is 0 Å². The van der Waals surface area contributed by atoms with Crippen molar-refractivity contribution in [3.8, 4) is 33.4 Å². The molecule has 0 fully saturated rings. The van der Waals surface area contributed by atoms with Gasteiger partial charge in [-0.2, -0.15) is 0 Å². The smallest absolute Gasteiger partial charge is 0.143 e. The van der Waals surface area contributed by atoms with Crippen molar-refractivity contribution in [2.45, 2.75) is 0 Å². The van der Waals surface area contributed by atoms with Crippen molar-refractivity contribution in [3.63, 3.8) is 0 Å². The first-order valence-electron chi connectivity index (χ1n) is 18.7. The highest BCUT2D eigenvalue weighted by Gasteiger charge is 2.23. The zero-order valence-electron chi connectivity index (χ0n) is 29.8. The van der Waals surface area contributed by atoms with Crippen molar-refractivity contribution in [1.82, 2.24) is 0 Å². The van der Waals surface area contributed by atoms with E-state index in [-0.39, 0.29) is 0 Å². The quantitative estimate of drug-likeness (QED) is 0.170. The Hall–Kier alpha value is -6.94. The molecule has 0 N–H and O–H groups in total. The molecule has 2 aromatic heterocycles. The molecule has 0 spiro atoms. The molecular formula is C52H33NOS. The number of rotatable bonds is 6. The molecule has 3 heteroatoms. The van der Waals surface area contributed by atoms with E-state index in [1.807, 2.05) is 11.3 Å². The van der Waals surface area contributed by atoms with E-state index in [4.69, 9.17) is 4.42 Å². The molecule has 0 radical (unpaired) electrons. The number of nitrogens with zero attached hydrogens (tertiary/aromatic N) is 1. The van der Waals surface area contributed by atoms with Gasteiger partial charge in [-0.05, 0) is 87.8 Å². The van der Waals surface area contributed by atoms with Crippen molar-refractivity contribution in [2.75, 3.05) is 4.90 Å². The molecule has 0 bridgehead atoms. The van der Waals surface area contributed by atoms with Crippen LogP contribution in [0, 0.1) is 0 Å². The molecule has 0 saturated heterocycles. The topological polar surface area (TPSA) is 16.4 Å². The van der Waals surface area contributed by atoms with Crippen LogP contribution >= 0.6 is 11.3 Å². The van der Waals surface area contributed by atoms with Gasteiger partial charge in [-0.1, -0.05) is 146 Å². The number of benzene rings is 9. The van der Waals surface area contributed by atoms with Gasteiger partial charge in [0.15, 0.2) is 0 Å². The number of furan rings is 1. The van der Waals surface area contributed by atoms with Gasteiger partial charge in [0.2, 0.25) is 0 Å². The van der Waals surface area contributed by atoms with E-state index in [0.717, 1.165) is 55.5 Å². The molecule has 0 atom stereocenters. The van der Waals surface area contributed by atoms with Gasteiger partial charge in [-0.3, -0.25) is 0 Å². The summed E-state index contributed by atoms with van der Waals surface area (Å²) in [5, 5.41) is 7.10. The molecule has 0 unspecified atom stereocenters. The number of hydrogen-bond donors (Lipinski definition) is 0. The molecule has 0 amide bonds. The maximum Gasteiger partial charge on any atom is 0.143 e. The maximum absolute atomic E-state index is 6.74. The fourth-order valence-corrected chi connectivity index (χ4v) is 9.46. The average molecular weight is 720 g/mol. The van der Waals surface area contributed by atoms with Crippen molar-refractivity contribution in [1.29, 1.82) is 0 Å². The summed E-state index contributed by atoms with van der Waals surface area (Å²) < 4.78 is 9.36. The lowest BCUT2D eigenvalue weighted by atomic mass is 9.95. The van der Waals surface area contributed by atoms with Crippen LogP contribution in [0.15, 0.2) is 205 Å². The standard InChI is InChI=1S/C52H33NOS/c1-3-13-34(14-4-1)38-28-32-45(44(33-38)35-15-5-2-6-16-35)53(46-21-12-22-47-51(46)43-31-27-36-17-7-8-18-41(36)52(43)54-47)39-29-25-37(26-30-39)40-20-11-24-49-50(40)42-19-9-10-23-48(42)55-49/h1-33H. The zero-order valence-corrected chi connectivity index (χ0v) is 30.6. The van der Waals surface area contributed by atoms with Crippen molar-refractivity contribution in [3.05, 3.63) is 200 Å². The second-order valence-corrected chi connectivity index (χ2v) is 15.1. The van der Waals surface area contributed by atoms with Gasteiger partial charge in [0, 0.05) is 42.2 Å². The van der Waals surface area contributed by atoms with Crippen LogP contribution in [0.1, 0.15) is 0 Å².